The van der Waals surface area contributed by atoms with Gasteiger partial charge < -0.3 is 14.6 Å². The number of hydrogen-bond donors (Lipinski definition) is 1. The van der Waals surface area contributed by atoms with Crippen LogP contribution in [-0.4, -0.2) is 23.5 Å². The van der Waals surface area contributed by atoms with Crippen molar-refractivity contribution in [3.8, 4) is 0 Å². The van der Waals surface area contributed by atoms with E-state index in [1.165, 1.54) is 0 Å². The van der Waals surface area contributed by atoms with Crippen LogP contribution in [0.3, 0.4) is 0 Å². The molecule has 4 heteroatoms. The Morgan fingerprint density at radius 1 is 1.04 bits per heavy atom. The Balaban J connectivity index is 1.93. The van der Waals surface area contributed by atoms with Crippen molar-refractivity contribution in [3.63, 3.8) is 0 Å². The van der Waals surface area contributed by atoms with Gasteiger partial charge in [-0.3, -0.25) is 0 Å². The van der Waals surface area contributed by atoms with Gasteiger partial charge in [0.2, 0.25) is 0 Å². The molecule has 2 aliphatic rings. The van der Waals surface area contributed by atoms with Crippen LogP contribution in [0, 0.1) is 0 Å². The van der Waals surface area contributed by atoms with Gasteiger partial charge >= 0.3 is 5.97 Å². The summed E-state index contributed by atoms with van der Waals surface area (Å²) in [5.41, 5.74) is 1.53. The zero-order valence-electron chi connectivity index (χ0n) is 14.1. The third-order valence-electron chi connectivity index (χ3n) is 5.20. The molecule has 2 aromatic rings. The maximum Gasteiger partial charge on any atom is 0.341 e. The number of ether oxygens (including phenoxy) is 2. The molecule has 2 aliphatic heterocycles. The molecule has 4 rings (SSSR count). The maximum atomic E-state index is 12.7. The number of rotatable bonds is 3. The highest BCUT2D eigenvalue weighted by Crippen LogP contribution is 2.54. The average molecular weight is 336 g/mol. The molecule has 1 saturated heterocycles. The lowest BCUT2D eigenvalue weighted by atomic mass is 9.75. The summed E-state index contributed by atoms with van der Waals surface area (Å²) in [5.74, 6) is -2.29. The van der Waals surface area contributed by atoms with Crippen molar-refractivity contribution in [3.05, 3.63) is 77.4 Å². The molecule has 1 N–H and O–H groups in total. The van der Waals surface area contributed by atoms with Crippen molar-refractivity contribution in [1.82, 2.24) is 0 Å². The van der Waals surface area contributed by atoms with Crippen LogP contribution >= 0.6 is 0 Å². The Morgan fingerprint density at radius 3 is 2.32 bits per heavy atom. The van der Waals surface area contributed by atoms with Crippen LogP contribution in [0.1, 0.15) is 30.9 Å². The third kappa shape index (κ3) is 2.18. The van der Waals surface area contributed by atoms with E-state index < -0.39 is 17.4 Å². The van der Waals surface area contributed by atoms with Crippen LogP contribution in [-0.2, 0) is 19.9 Å². The van der Waals surface area contributed by atoms with Crippen LogP contribution in [0.4, 0.5) is 0 Å². The highest BCUT2D eigenvalue weighted by Gasteiger charge is 2.63. The molecule has 0 amide bonds. The standard InChI is InChI=1S/C21H20O4/c1-2-20(16-11-7-4-8-12-16)21(23)17(13-14-24-20)18(19(22)25-21)15-9-5-3-6-10-15/h3-12,23H,2,13-14H2,1H3/t20-,21+/m0/s1. The van der Waals surface area contributed by atoms with Crippen molar-refractivity contribution >= 4 is 11.5 Å². The Bertz CT molecular complexity index is 827. The first-order chi connectivity index (χ1) is 12.1. The van der Waals surface area contributed by atoms with Crippen molar-refractivity contribution in [2.75, 3.05) is 6.61 Å². The van der Waals surface area contributed by atoms with Crippen molar-refractivity contribution < 1.29 is 19.4 Å². The molecule has 0 aliphatic carbocycles. The molecular weight excluding hydrogens is 316 g/mol. The molecule has 0 spiro atoms. The number of hydrogen-bond acceptors (Lipinski definition) is 4. The Labute approximate surface area is 146 Å². The van der Waals surface area contributed by atoms with Gasteiger partial charge in [-0.25, -0.2) is 4.79 Å². The molecule has 2 aromatic carbocycles. The fourth-order valence-electron chi connectivity index (χ4n) is 4.01. The second-order valence-corrected chi connectivity index (χ2v) is 6.40. The number of fused-ring (bicyclic) bond motifs is 1. The minimum atomic E-state index is -1.79. The maximum absolute atomic E-state index is 12.7. The van der Waals surface area contributed by atoms with E-state index in [1.807, 2.05) is 67.6 Å². The first-order valence-corrected chi connectivity index (χ1v) is 8.56. The van der Waals surface area contributed by atoms with Crippen molar-refractivity contribution in [2.45, 2.75) is 31.2 Å². The highest BCUT2D eigenvalue weighted by atomic mass is 16.7. The van der Waals surface area contributed by atoms with Crippen LogP contribution in [0.25, 0.3) is 5.57 Å². The van der Waals surface area contributed by atoms with Crippen LogP contribution in [0.5, 0.6) is 0 Å². The average Bonchev–Trinajstić information content (AvgIpc) is 2.93. The lowest BCUT2D eigenvalue weighted by molar-refractivity contribution is -0.292. The first-order valence-electron chi connectivity index (χ1n) is 8.56. The second kappa shape index (κ2) is 5.83. The number of esters is 1. The van der Waals surface area contributed by atoms with Gasteiger partial charge in [0.15, 0.2) is 5.60 Å². The number of benzene rings is 2. The smallest absolute Gasteiger partial charge is 0.341 e. The largest absolute Gasteiger partial charge is 0.422 e. The minimum absolute atomic E-state index is 0.424. The Hall–Kier alpha value is -2.43. The predicted octanol–water partition coefficient (Wildman–Crippen LogP) is 3.41. The number of aliphatic hydroxyl groups is 1. The fraction of sp³-hybridized carbons (Fsp3) is 0.286. The van der Waals surface area contributed by atoms with Crippen LogP contribution in [0.2, 0.25) is 0 Å². The summed E-state index contributed by atoms with van der Waals surface area (Å²) in [6.45, 7) is 2.36. The van der Waals surface area contributed by atoms with Crippen molar-refractivity contribution in [2.24, 2.45) is 0 Å². The number of carbonyl (C=O) groups excluding carboxylic acids is 1. The molecule has 0 saturated carbocycles. The second-order valence-electron chi connectivity index (χ2n) is 6.40. The first kappa shape index (κ1) is 16.1. The van der Waals surface area contributed by atoms with Crippen LogP contribution < -0.4 is 0 Å². The van der Waals surface area contributed by atoms with Crippen LogP contribution in [0.15, 0.2) is 66.2 Å². The van der Waals surface area contributed by atoms with E-state index in [4.69, 9.17) is 9.47 Å². The van der Waals surface area contributed by atoms with Gasteiger partial charge in [-0.05, 0) is 24.0 Å². The van der Waals surface area contributed by atoms with Gasteiger partial charge in [0.05, 0.1) is 12.2 Å². The number of carbonyl (C=O) groups is 1. The third-order valence-corrected chi connectivity index (χ3v) is 5.20. The van der Waals surface area contributed by atoms with E-state index in [9.17, 15) is 9.90 Å². The zero-order valence-corrected chi connectivity index (χ0v) is 14.1. The Morgan fingerprint density at radius 2 is 1.68 bits per heavy atom. The summed E-state index contributed by atoms with van der Waals surface area (Å²) in [4.78, 5) is 12.7. The van der Waals surface area contributed by atoms with E-state index in [2.05, 4.69) is 0 Å². The molecule has 0 radical (unpaired) electrons. The molecule has 0 unspecified atom stereocenters. The summed E-state index contributed by atoms with van der Waals surface area (Å²) in [7, 11) is 0. The lowest BCUT2D eigenvalue weighted by Crippen LogP contribution is -2.57. The minimum Gasteiger partial charge on any atom is -0.422 e. The molecule has 4 nitrogen and oxygen atoms in total. The summed E-state index contributed by atoms with van der Waals surface area (Å²) in [6, 6.07) is 18.9. The van der Waals surface area contributed by atoms with E-state index in [-0.39, 0.29) is 0 Å². The van der Waals surface area contributed by atoms with Crippen molar-refractivity contribution in [1.29, 1.82) is 0 Å². The zero-order chi connectivity index (χ0) is 17.5. The topological polar surface area (TPSA) is 55.8 Å². The van der Waals surface area contributed by atoms with Gasteiger partial charge in [0.1, 0.15) is 0 Å². The predicted molar refractivity (Wildman–Crippen MR) is 93.4 cm³/mol. The van der Waals surface area contributed by atoms with E-state index in [1.54, 1.807) is 0 Å². The molecule has 2 heterocycles. The quantitative estimate of drug-likeness (QED) is 0.873. The van der Waals surface area contributed by atoms with Gasteiger partial charge in [0.25, 0.3) is 5.79 Å². The molecule has 1 fully saturated rings. The molecule has 2 atom stereocenters. The lowest BCUT2D eigenvalue weighted by Gasteiger charge is -2.47. The van der Waals surface area contributed by atoms with E-state index in [0.29, 0.717) is 30.6 Å². The monoisotopic (exact) mass is 336 g/mol. The van der Waals surface area contributed by atoms with Gasteiger partial charge in [-0.1, -0.05) is 67.6 Å². The molecule has 128 valence electrons. The molecular formula is C21H20O4. The van der Waals surface area contributed by atoms with E-state index >= 15 is 0 Å². The van der Waals surface area contributed by atoms with Gasteiger partial charge in [0, 0.05) is 5.57 Å². The van der Waals surface area contributed by atoms with Gasteiger partial charge in [-0.15, -0.1) is 0 Å². The Kier molecular flexibility index (Phi) is 3.74. The molecule has 0 aromatic heterocycles. The SMILES string of the molecule is CC[C@@]1(c2ccccc2)OCCC2=C(c3ccccc3)C(=O)O[C@]21O. The van der Waals surface area contributed by atoms with Gasteiger partial charge in [-0.2, -0.15) is 0 Å². The molecule has 0 bridgehead atoms. The summed E-state index contributed by atoms with van der Waals surface area (Å²) in [6.07, 6.45) is 0.938. The highest BCUT2D eigenvalue weighted by molar-refractivity contribution is 6.20. The fourth-order valence-corrected chi connectivity index (χ4v) is 4.01. The summed E-state index contributed by atoms with van der Waals surface area (Å²) < 4.78 is 11.7. The van der Waals surface area contributed by atoms with E-state index in [0.717, 1.165) is 11.1 Å². The summed E-state index contributed by atoms with van der Waals surface area (Å²) in [5, 5.41) is 11.6. The molecule has 25 heavy (non-hydrogen) atoms. The summed E-state index contributed by atoms with van der Waals surface area (Å²) >= 11 is 0. The normalized spacial score (nSPS) is 28.6.